The molecule has 4 saturated carbocycles. The number of hydrogen-bond acceptors (Lipinski definition) is 1. The summed E-state index contributed by atoms with van der Waals surface area (Å²) in [5, 5.41) is 0. The topological polar surface area (TPSA) is 20.3 Å². The molecule has 0 N–H and O–H groups in total. The quantitative estimate of drug-likeness (QED) is 0.708. The summed E-state index contributed by atoms with van der Waals surface area (Å²) in [6, 6.07) is 0.943. The van der Waals surface area contributed by atoms with E-state index < -0.39 is 0 Å². The van der Waals surface area contributed by atoms with Crippen LogP contribution in [0.3, 0.4) is 0 Å². The molecule has 2 heteroatoms. The summed E-state index contributed by atoms with van der Waals surface area (Å²) >= 11 is 0. The Morgan fingerprint density at radius 2 is 1.35 bits per heavy atom. The highest BCUT2D eigenvalue weighted by molar-refractivity contribution is 5.84. The van der Waals surface area contributed by atoms with Crippen LogP contribution >= 0.6 is 0 Å². The third kappa shape index (κ3) is 1.86. The van der Waals surface area contributed by atoms with E-state index in [0.29, 0.717) is 18.0 Å². The van der Waals surface area contributed by atoms with E-state index >= 15 is 0 Å². The molecule has 0 spiro atoms. The van der Waals surface area contributed by atoms with Gasteiger partial charge in [0.15, 0.2) is 0 Å². The Balaban J connectivity index is 1.61. The Labute approximate surface area is 123 Å². The third-order valence-electron chi connectivity index (χ3n) is 6.92. The lowest BCUT2D eigenvalue weighted by molar-refractivity contribution is -0.164. The fraction of sp³-hybridized carbons (Fsp3) is 0.944. The predicted molar refractivity (Wildman–Crippen MR) is 80.2 cm³/mol. The van der Waals surface area contributed by atoms with Crippen LogP contribution in [0.25, 0.3) is 0 Å². The molecule has 112 valence electrons. The first-order chi connectivity index (χ1) is 9.57. The van der Waals surface area contributed by atoms with E-state index in [1.54, 1.807) is 0 Å². The molecule has 1 heterocycles. The average molecular weight is 275 g/mol. The van der Waals surface area contributed by atoms with Crippen molar-refractivity contribution in [2.24, 2.45) is 23.2 Å². The van der Waals surface area contributed by atoms with Crippen molar-refractivity contribution in [1.29, 1.82) is 0 Å². The molecule has 5 aliphatic rings. The molecule has 1 aliphatic heterocycles. The summed E-state index contributed by atoms with van der Waals surface area (Å²) in [5.41, 5.74) is 0.0641. The standard InChI is InChI=1S/C18H29NO/c1-12-4-3-5-13(2)19(12)17(20)18-9-14-6-15(10-18)8-16(7-14)11-18/h12-16H,3-11H2,1-2H3/t12-,13-,14?,15?,16?,18?/m0/s1. The number of nitrogens with zero attached hydrogens (tertiary/aromatic N) is 1. The highest BCUT2D eigenvalue weighted by Crippen LogP contribution is 2.60. The lowest BCUT2D eigenvalue weighted by Gasteiger charge is -2.58. The zero-order valence-electron chi connectivity index (χ0n) is 13.1. The molecule has 20 heavy (non-hydrogen) atoms. The SMILES string of the molecule is C[C@H]1CCC[C@H](C)N1C(=O)C12CC3CC(CC(C3)C1)C2. The van der Waals surface area contributed by atoms with Gasteiger partial charge in [0, 0.05) is 12.1 Å². The molecule has 1 saturated heterocycles. The number of carbonyl (C=O) groups excluding carboxylic acids is 1. The van der Waals surface area contributed by atoms with E-state index in [2.05, 4.69) is 18.7 Å². The van der Waals surface area contributed by atoms with E-state index in [0.717, 1.165) is 17.8 Å². The maximum absolute atomic E-state index is 13.4. The highest BCUT2D eigenvalue weighted by atomic mass is 16.2. The van der Waals surface area contributed by atoms with Crippen LogP contribution in [0, 0.1) is 23.2 Å². The van der Waals surface area contributed by atoms with Gasteiger partial charge >= 0.3 is 0 Å². The summed E-state index contributed by atoms with van der Waals surface area (Å²) in [7, 11) is 0. The predicted octanol–water partition coefficient (Wildman–Crippen LogP) is 3.99. The first kappa shape index (κ1) is 13.2. The van der Waals surface area contributed by atoms with Crippen molar-refractivity contribution in [3.63, 3.8) is 0 Å². The Kier molecular flexibility index (Phi) is 2.95. The van der Waals surface area contributed by atoms with Gasteiger partial charge in [-0.2, -0.15) is 0 Å². The Bertz CT molecular complexity index is 370. The van der Waals surface area contributed by atoms with Crippen LogP contribution in [0.2, 0.25) is 0 Å². The van der Waals surface area contributed by atoms with Crippen LogP contribution in [0.1, 0.15) is 71.6 Å². The minimum atomic E-state index is 0.0641. The molecule has 1 amide bonds. The van der Waals surface area contributed by atoms with Crippen LogP contribution in [0.4, 0.5) is 0 Å². The molecule has 0 unspecified atom stereocenters. The van der Waals surface area contributed by atoms with Crippen molar-refractivity contribution in [3.05, 3.63) is 0 Å². The summed E-state index contributed by atoms with van der Waals surface area (Å²) in [5.74, 6) is 3.18. The smallest absolute Gasteiger partial charge is 0.229 e. The van der Waals surface area contributed by atoms with Gasteiger partial charge in [-0.05, 0) is 89.4 Å². The highest BCUT2D eigenvalue weighted by Gasteiger charge is 2.56. The molecular formula is C18H29NO. The van der Waals surface area contributed by atoms with E-state index in [1.165, 1.54) is 57.8 Å². The molecule has 0 aromatic heterocycles. The minimum absolute atomic E-state index is 0.0641. The van der Waals surface area contributed by atoms with Crippen LogP contribution in [0.5, 0.6) is 0 Å². The number of hydrogen-bond donors (Lipinski definition) is 0. The van der Waals surface area contributed by atoms with Gasteiger partial charge in [0.05, 0.1) is 5.41 Å². The number of piperidine rings is 1. The summed E-state index contributed by atoms with van der Waals surface area (Å²) in [4.78, 5) is 15.7. The number of amides is 1. The van der Waals surface area contributed by atoms with E-state index in [-0.39, 0.29) is 5.41 Å². The van der Waals surface area contributed by atoms with Gasteiger partial charge in [-0.3, -0.25) is 4.79 Å². The molecule has 0 aromatic rings. The fourth-order valence-corrected chi connectivity index (χ4v) is 6.47. The lowest BCUT2D eigenvalue weighted by Crippen LogP contribution is -2.58. The van der Waals surface area contributed by atoms with Crippen molar-refractivity contribution < 1.29 is 4.79 Å². The van der Waals surface area contributed by atoms with E-state index in [1.807, 2.05) is 0 Å². The zero-order chi connectivity index (χ0) is 13.9. The summed E-state index contributed by atoms with van der Waals surface area (Å²) in [6.07, 6.45) is 11.7. The zero-order valence-corrected chi connectivity index (χ0v) is 13.1. The summed E-state index contributed by atoms with van der Waals surface area (Å²) in [6.45, 7) is 4.54. The molecular weight excluding hydrogens is 246 g/mol. The van der Waals surface area contributed by atoms with Crippen LogP contribution in [0.15, 0.2) is 0 Å². The number of carbonyl (C=O) groups is 1. The van der Waals surface area contributed by atoms with Crippen LogP contribution in [-0.4, -0.2) is 22.9 Å². The molecule has 2 nitrogen and oxygen atoms in total. The van der Waals surface area contributed by atoms with E-state index in [9.17, 15) is 4.79 Å². The second-order valence-electron chi connectivity index (χ2n) is 8.54. The van der Waals surface area contributed by atoms with Gasteiger partial charge in [0.1, 0.15) is 0 Å². The Hall–Kier alpha value is -0.530. The van der Waals surface area contributed by atoms with Gasteiger partial charge < -0.3 is 4.90 Å². The molecule has 0 aromatic carbocycles. The normalized spacial score (nSPS) is 50.5. The maximum atomic E-state index is 13.4. The minimum Gasteiger partial charge on any atom is -0.337 e. The molecule has 4 bridgehead atoms. The van der Waals surface area contributed by atoms with Crippen molar-refractivity contribution in [2.45, 2.75) is 83.7 Å². The molecule has 4 aliphatic carbocycles. The van der Waals surface area contributed by atoms with Gasteiger partial charge in [-0.25, -0.2) is 0 Å². The maximum Gasteiger partial charge on any atom is 0.229 e. The lowest BCUT2D eigenvalue weighted by atomic mass is 9.49. The van der Waals surface area contributed by atoms with Crippen LogP contribution < -0.4 is 0 Å². The van der Waals surface area contributed by atoms with Crippen molar-refractivity contribution in [2.75, 3.05) is 0 Å². The number of likely N-dealkylation sites (tertiary alicyclic amines) is 1. The summed E-state index contributed by atoms with van der Waals surface area (Å²) < 4.78 is 0. The Morgan fingerprint density at radius 3 is 1.80 bits per heavy atom. The second-order valence-corrected chi connectivity index (χ2v) is 8.54. The van der Waals surface area contributed by atoms with Gasteiger partial charge in [0.25, 0.3) is 0 Å². The second kappa shape index (κ2) is 4.48. The van der Waals surface area contributed by atoms with Crippen LogP contribution in [-0.2, 0) is 4.79 Å². The van der Waals surface area contributed by atoms with Crippen molar-refractivity contribution >= 4 is 5.91 Å². The third-order valence-corrected chi connectivity index (χ3v) is 6.92. The molecule has 5 rings (SSSR count). The van der Waals surface area contributed by atoms with Crippen molar-refractivity contribution in [3.8, 4) is 0 Å². The van der Waals surface area contributed by atoms with Crippen molar-refractivity contribution in [1.82, 2.24) is 4.90 Å². The fourth-order valence-electron chi connectivity index (χ4n) is 6.47. The monoisotopic (exact) mass is 275 g/mol. The Morgan fingerprint density at radius 1 is 0.900 bits per heavy atom. The number of rotatable bonds is 1. The van der Waals surface area contributed by atoms with E-state index in [4.69, 9.17) is 0 Å². The first-order valence-electron chi connectivity index (χ1n) is 8.90. The first-order valence-corrected chi connectivity index (χ1v) is 8.90. The average Bonchev–Trinajstić information content (AvgIpc) is 2.36. The van der Waals surface area contributed by atoms with Gasteiger partial charge in [0.2, 0.25) is 5.91 Å². The van der Waals surface area contributed by atoms with Gasteiger partial charge in [-0.1, -0.05) is 0 Å². The van der Waals surface area contributed by atoms with Gasteiger partial charge in [-0.15, -0.1) is 0 Å². The molecule has 0 radical (unpaired) electrons. The largest absolute Gasteiger partial charge is 0.337 e. The molecule has 5 fully saturated rings. The molecule has 2 atom stereocenters.